The molecule has 0 spiro atoms. The van der Waals surface area contributed by atoms with Crippen LogP contribution in [0.5, 0.6) is 0 Å². The van der Waals surface area contributed by atoms with Crippen molar-refractivity contribution >= 4 is 0 Å². The summed E-state index contributed by atoms with van der Waals surface area (Å²) in [6.45, 7) is 3.64. The Morgan fingerprint density at radius 3 is 2.21 bits per heavy atom. The van der Waals surface area contributed by atoms with Gasteiger partial charge in [0.15, 0.2) is 6.15 Å². The fraction of sp³-hybridized carbons (Fsp3) is 0.905. The van der Waals surface area contributed by atoms with Crippen molar-refractivity contribution in [2.45, 2.75) is 96.4 Å². The molecule has 0 aromatic carbocycles. The summed E-state index contributed by atoms with van der Waals surface area (Å²) in [7, 11) is 0. The van der Waals surface area contributed by atoms with Crippen molar-refractivity contribution in [2.24, 2.45) is 17.7 Å². The molecule has 140 valence electrons. The summed E-state index contributed by atoms with van der Waals surface area (Å²) in [5.41, 5.74) is 0. The summed E-state index contributed by atoms with van der Waals surface area (Å²) >= 11 is 0. The van der Waals surface area contributed by atoms with Gasteiger partial charge in [-0.2, -0.15) is 0 Å². The Morgan fingerprint density at radius 2 is 1.58 bits per heavy atom. The second-order valence-corrected chi connectivity index (χ2v) is 7.21. The second-order valence-electron chi connectivity index (χ2n) is 7.21. The molecule has 0 amide bonds. The lowest BCUT2D eigenvalue weighted by atomic mass is 9.76. The van der Waals surface area contributed by atoms with Crippen LogP contribution < -0.4 is 0 Å². The smallest absolute Gasteiger partial charge is 0.161 e. The maximum absolute atomic E-state index is 15.2. The number of alkyl halides is 2. The van der Waals surface area contributed by atoms with Crippen LogP contribution in [-0.4, -0.2) is 25.0 Å². The van der Waals surface area contributed by atoms with Gasteiger partial charge in [0, 0.05) is 13.9 Å². The molecule has 4 atom stereocenters. The van der Waals surface area contributed by atoms with Gasteiger partial charge in [-0.3, -0.25) is 0 Å². The highest BCUT2D eigenvalue weighted by atomic mass is 19.2. The van der Waals surface area contributed by atoms with Crippen molar-refractivity contribution in [1.82, 2.24) is 0 Å². The summed E-state index contributed by atoms with van der Waals surface area (Å²) in [4.78, 5) is 0. The zero-order valence-electron chi connectivity index (χ0n) is 19.3. The Morgan fingerprint density at radius 1 is 0.917 bits per heavy atom. The van der Waals surface area contributed by atoms with Gasteiger partial charge in [-0.15, -0.1) is 0 Å². The fourth-order valence-corrected chi connectivity index (χ4v) is 3.88. The summed E-state index contributed by atoms with van der Waals surface area (Å²) in [5, 5.41) is 0. The number of hydrogen-bond donors (Lipinski definition) is 0. The molecule has 2 aliphatic rings. The minimum absolute atomic E-state index is 0.0264. The lowest BCUT2D eigenvalue weighted by molar-refractivity contribution is -0.0186. The van der Waals surface area contributed by atoms with Gasteiger partial charge in [0.05, 0.1) is 4.11 Å². The van der Waals surface area contributed by atoms with E-state index in [-0.39, 0.29) is 13.0 Å². The highest BCUT2D eigenvalue weighted by molar-refractivity contribution is 5.08. The Hall–Kier alpha value is -0.440. The largest absolute Gasteiger partial charge is 0.371 e. The normalized spacial score (nSPS) is 51.5. The third-order valence-electron chi connectivity index (χ3n) is 5.43. The molecule has 0 saturated heterocycles. The Bertz CT molecular complexity index is 534. The summed E-state index contributed by atoms with van der Waals surface area (Å²) in [6, 6.07) is 0. The van der Waals surface area contributed by atoms with Crippen molar-refractivity contribution in [3.8, 4) is 0 Å². The van der Waals surface area contributed by atoms with E-state index in [0.717, 1.165) is 43.8 Å². The van der Waals surface area contributed by atoms with Crippen molar-refractivity contribution in [2.75, 3.05) is 6.61 Å². The molecule has 0 aliphatic heterocycles. The SMILES string of the molecule is [2H]C1(CCC2CCC(CCCCC)CC2)C=CC([2H])(OCC)C([2H])(F)C1([2H])F. The first-order valence-corrected chi connectivity index (χ1v) is 9.75. The van der Waals surface area contributed by atoms with Gasteiger partial charge in [0.25, 0.3) is 0 Å². The first kappa shape index (κ1) is 14.7. The van der Waals surface area contributed by atoms with Crippen LogP contribution in [0.15, 0.2) is 12.2 Å². The summed E-state index contributed by atoms with van der Waals surface area (Å²) in [5.74, 6) is -1.09. The van der Waals surface area contributed by atoms with Crippen molar-refractivity contribution in [3.63, 3.8) is 0 Å². The Kier molecular flexibility index (Phi) is 6.45. The molecule has 0 bridgehead atoms. The molecule has 2 rings (SSSR count). The molecule has 1 nitrogen and oxygen atoms in total. The van der Waals surface area contributed by atoms with E-state index in [4.69, 9.17) is 10.2 Å². The van der Waals surface area contributed by atoms with Crippen LogP contribution in [0.1, 0.15) is 83.5 Å². The number of ether oxygens (including phenoxy) is 1. The van der Waals surface area contributed by atoms with Crippen LogP contribution in [0.3, 0.4) is 0 Å². The summed E-state index contributed by atoms with van der Waals surface area (Å²) in [6.07, 6.45) is 2.03. The van der Waals surface area contributed by atoms with Gasteiger partial charge in [-0.1, -0.05) is 70.4 Å². The van der Waals surface area contributed by atoms with E-state index in [1.807, 2.05) is 0 Å². The summed E-state index contributed by atoms with van der Waals surface area (Å²) < 4.78 is 67.1. The predicted octanol–water partition coefficient (Wildman–Crippen LogP) is 6.42. The maximum Gasteiger partial charge on any atom is 0.161 e. The molecule has 0 heterocycles. The zero-order valence-corrected chi connectivity index (χ0v) is 15.3. The van der Waals surface area contributed by atoms with Crippen LogP contribution in [-0.2, 0) is 4.74 Å². The van der Waals surface area contributed by atoms with Gasteiger partial charge in [-0.25, -0.2) is 8.78 Å². The first-order chi connectivity index (χ1) is 13.0. The topological polar surface area (TPSA) is 9.23 Å². The molecule has 1 saturated carbocycles. The molecule has 0 N–H and O–H groups in total. The molecule has 4 unspecified atom stereocenters. The Labute approximate surface area is 152 Å². The average Bonchev–Trinajstić information content (AvgIpc) is 2.65. The van der Waals surface area contributed by atoms with Crippen LogP contribution in [0.4, 0.5) is 8.78 Å². The second kappa shape index (κ2) is 10.5. The molecular formula is C21H36F2O. The highest BCUT2D eigenvalue weighted by Crippen LogP contribution is 2.37. The van der Waals surface area contributed by atoms with E-state index in [1.165, 1.54) is 32.6 Å². The fourth-order valence-electron chi connectivity index (χ4n) is 3.88. The number of allylic oxidation sites excluding steroid dienone is 1. The predicted molar refractivity (Wildman–Crippen MR) is 96.7 cm³/mol. The molecule has 2 aliphatic carbocycles. The highest BCUT2D eigenvalue weighted by Gasteiger charge is 2.37. The van der Waals surface area contributed by atoms with Crippen LogP contribution in [0, 0.1) is 17.7 Å². The molecule has 24 heavy (non-hydrogen) atoms. The van der Waals surface area contributed by atoms with Gasteiger partial charge in [0.1, 0.15) is 12.2 Å². The lowest BCUT2D eigenvalue weighted by Crippen LogP contribution is -2.39. The van der Waals surface area contributed by atoms with E-state index in [9.17, 15) is 4.39 Å². The van der Waals surface area contributed by atoms with Crippen molar-refractivity contribution < 1.29 is 19.0 Å². The monoisotopic (exact) mass is 346 g/mol. The zero-order chi connectivity index (χ0) is 21.1. The van der Waals surface area contributed by atoms with E-state index in [0.29, 0.717) is 12.3 Å². The number of halogens is 2. The number of unbranched alkanes of at least 4 members (excludes halogenated alkanes) is 2. The number of rotatable bonds is 9. The van der Waals surface area contributed by atoms with E-state index in [2.05, 4.69) is 6.92 Å². The standard InChI is InChI=1S/C21H36F2O/c1-3-5-6-7-16-8-10-17(11-9-16)12-13-18-14-15-19(24-4-2)21(23)20(18)22/h14-21H,3-13H2,1-2H3/i18D,19D,20D,21D. The molecule has 0 radical (unpaired) electrons. The van der Waals surface area contributed by atoms with Crippen LogP contribution >= 0.6 is 0 Å². The molecule has 0 aromatic rings. The third-order valence-corrected chi connectivity index (χ3v) is 5.43. The van der Waals surface area contributed by atoms with Crippen LogP contribution in [0.25, 0.3) is 0 Å². The molecule has 1 fully saturated rings. The number of hydrogen-bond acceptors (Lipinski definition) is 1. The van der Waals surface area contributed by atoms with E-state index < -0.39 is 24.3 Å². The molecule has 0 aromatic heterocycles. The van der Waals surface area contributed by atoms with Gasteiger partial charge < -0.3 is 4.74 Å². The lowest BCUT2D eigenvalue weighted by Gasteiger charge is -2.32. The third kappa shape index (κ3) is 5.82. The quantitative estimate of drug-likeness (QED) is 0.346. The van der Waals surface area contributed by atoms with Gasteiger partial charge in [-0.05, 0) is 31.6 Å². The van der Waals surface area contributed by atoms with E-state index >= 15 is 4.39 Å². The molecule has 3 heteroatoms. The van der Waals surface area contributed by atoms with Gasteiger partial charge >= 0.3 is 0 Å². The Balaban J connectivity index is 1.97. The van der Waals surface area contributed by atoms with Crippen molar-refractivity contribution in [1.29, 1.82) is 0 Å². The maximum atomic E-state index is 15.2. The minimum Gasteiger partial charge on any atom is -0.371 e. The van der Waals surface area contributed by atoms with E-state index in [1.54, 1.807) is 0 Å². The van der Waals surface area contributed by atoms with Gasteiger partial charge in [0.2, 0.25) is 0 Å². The van der Waals surface area contributed by atoms with Crippen molar-refractivity contribution in [3.05, 3.63) is 12.2 Å². The first-order valence-electron chi connectivity index (χ1n) is 11.7. The molecular weight excluding hydrogens is 306 g/mol. The van der Waals surface area contributed by atoms with Crippen LogP contribution in [0.2, 0.25) is 0 Å². The minimum atomic E-state index is -3.68. The average molecular weight is 347 g/mol.